The van der Waals surface area contributed by atoms with Gasteiger partial charge in [0.1, 0.15) is 5.69 Å². The Bertz CT molecular complexity index is 399. The number of hydrogen-bond donors (Lipinski definition) is 1. The molecular weight excluding hydrogens is 180 g/mol. The average molecular weight is 192 g/mol. The van der Waals surface area contributed by atoms with Gasteiger partial charge >= 0.3 is 0 Å². The minimum Gasteiger partial charge on any atom is -0.460 e. The lowest BCUT2D eigenvalue weighted by molar-refractivity contribution is -0.129. The fourth-order valence-corrected chi connectivity index (χ4v) is 1.27. The third kappa shape index (κ3) is 1.32. The molecule has 4 nitrogen and oxygen atoms in total. The summed E-state index contributed by atoms with van der Waals surface area (Å²) in [7, 11) is 0. The largest absolute Gasteiger partial charge is 0.460 e. The number of nitrogens with zero attached hydrogens (tertiary/aromatic N) is 1. The number of aromatic nitrogens is 1. The number of hydrogen-bond acceptors (Lipinski definition) is 3. The predicted octanol–water partition coefficient (Wildman–Crippen LogP) is 1.50. The number of amides is 1. The Labute approximate surface area is 82.3 Å². The molecule has 0 aliphatic carbocycles. The molecule has 74 valence electrons. The van der Waals surface area contributed by atoms with Crippen LogP contribution in [0, 0.1) is 6.92 Å². The molecule has 2 heterocycles. The first-order valence-corrected chi connectivity index (χ1v) is 4.47. The van der Waals surface area contributed by atoms with Gasteiger partial charge in [0.05, 0.1) is 0 Å². The summed E-state index contributed by atoms with van der Waals surface area (Å²) in [6, 6.07) is 3.63. The number of carbonyl (C=O) groups is 1. The zero-order valence-corrected chi connectivity index (χ0v) is 8.42. The zero-order chi connectivity index (χ0) is 10.3. The van der Waals surface area contributed by atoms with E-state index in [0.29, 0.717) is 11.6 Å². The van der Waals surface area contributed by atoms with E-state index < -0.39 is 5.60 Å². The fraction of sp³-hybridized carbons (Fsp3) is 0.400. The van der Waals surface area contributed by atoms with Gasteiger partial charge in [-0.15, -0.1) is 0 Å². The molecule has 0 bridgehead atoms. The molecule has 1 aromatic rings. The Hall–Kier alpha value is -1.58. The lowest BCUT2D eigenvalue weighted by Gasteiger charge is -2.30. The number of fused-ring (bicyclic) bond motifs is 1. The highest BCUT2D eigenvalue weighted by molar-refractivity contribution is 5.99. The molecular formula is C10H12N2O2. The van der Waals surface area contributed by atoms with Gasteiger partial charge in [0.2, 0.25) is 5.88 Å². The van der Waals surface area contributed by atoms with Crippen LogP contribution in [0.1, 0.15) is 19.5 Å². The molecule has 1 aliphatic heterocycles. The van der Waals surface area contributed by atoms with E-state index in [-0.39, 0.29) is 5.91 Å². The first kappa shape index (κ1) is 8.99. The number of anilines is 1. The standard InChI is InChI=1S/C10H12N2O2/c1-6-4-5-7-8(11-6)14-10(2,3)9(13)12-7/h4-5H,1-3H3,(H,12,13). The Kier molecular flexibility index (Phi) is 1.74. The van der Waals surface area contributed by atoms with Crippen molar-refractivity contribution >= 4 is 11.6 Å². The molecule has 1 amide bonds. The van der Waals surface area contributed by atoms with Crippen molar-refractivity contribution in [1.29, 1.82) is 0 Å². The van der Waals surface area contributed by atoms with Crippen LogP contribution in [0.5, 0.6) is 5.88 Å². The molecule has 0 spiro atoms. The summed E-state index contributed by atoms with van der Waals surface area (Å²) in [5, 5.41) is 2.75. The van der Waals surface area contributed by atoms with Gasteiger partial charge in [0.15, 0.2) is 5.60 Å². The second kappa shape index (κ2) is 2.70. The monoisotopic (exact) mass is 192 g/mol. The maximum atomic E-state index is 11.5. The molecule has 14 heavy (non-hydrogen) atoms. The van der Waals surface area contributed by atoms with Gasteiger partial charge in [0, 0.05) is 5.69 Å². The van der Waals surface area contributed by atoms with Crippen molar-refractivity contribution in [2.45, 2.75) is 26.4 Å². The third-order valence-electron chi connectivity index (χ3n) is 2.15. The fourth-order valence-electron chi connectivity index (χ4n) is 1.27. The Balaban J connectivity index is 2.46. The van der Waals surface area contributed by atoms with Crippen molar-refractivity contribution in [2.24, 2.45) is 0 Å². The van der Waals surface area contributed by atoms with Crippen LogP contribution in [0.4, 0.5) is 5.69 Å². The van der Waals surface area contributed by atoms with E-state index in [1.54, 1.807) is 19.9 Å². The summed E-state index contributed by atoms with van der Waals surface area (Å²) in [4.78, 5) is 15.7. The van der Waals surface area contributed by atoms with Crippen LogP contribution in [0.2, 0.25) is 0 Å². The van der Waals surface area contributed by atoms with Crippen molar-refractivity contribution < 1.29 is 9.53 Å². The van der Waals surface area contributed by atoms with Crippen LogP contribution in [0.25, 0.3) is 0 Å². The second-order valence-electron chi connectivity index (χ2n) is 3.87. The van der Waals surface area contributed by atoms with Crippen LogP contribution in [0.15, 0.2) is 12.1 Å². The molecule has 0 atom stereocenters. The Morgan fingerprint density at radius 2 is 2.14 bits per heavy atom. The highest BCUT2D eigenvalue weighted by Gasteiger charge is 2.35. The van der Waals surface area contributed by atoms with Crippen LogP contribution >= 0.6 is 0 Å². The summed E-state index contributed by atoms with van der Waals surface area (Å²) >= 11 is 0. The first-order valence-electron chi connectivity index (χ1n) is 4.47. The summed E-state index contributed by atoms with van der Waals surface area (Å²) < 4.78 is 5.49. The first-order chi connectivity index (χ1) is 6.49. The Morgan fingerprint density at radius 3 is 2.86 bits per heavy atom. The molecule has 0 saturated carbocycles. The maximum absolute atomic E-state index is 11.5. The van der Waals surface area contributed by atoms with E-state index in [1.807, 2.05) is 13.0 Å². The maximum Gasteiger partial charge on any atom is 0.268 e. The van der Waals surface area contributed by atoms with Gasteiger partial charge in [-0.25, -0.2) is 4.98 Å². The summed E-state index contributed by atoms with van der Waals surface area (Å²) in [6.07, 6.45) is 0. The molecule has 1 aliphatic rings. The van der Waals surface area contributed by atoms with Crippen molar-refractivity contribution in [3.63, 3.8) is 0 Å². The van der Waals surface area contributed by atoms with Crippen molar-refractivity contribution in [1.82, 2.24) is 4.98 Å². The summed E-state index contributed by atoms with van der Waals surface area (Å²) in [6.45, 7) is 5.32. The second-order valence-corrected chi connectivity index (χ2v) is 3.87. The predicted molar refractivity (Wildman–Crippen MR) is 52.3 cm³/mol. The van der Waals surface area contributed by atoms with Gasteiger partial charge in [0.25, 0.3) is 5.91 Å². The molecule has 4 heteroatoms. The lowest BCUT2D eigenvalue weighted by Crippen LogP contribution is -2.46. The van der Waals surface area contributed by atoms with Gasteiger partial charge in [-0.05, 0) is 32.9 Å². The SMILES string of the molecule is Cc1ccc2c(n1)OC(C)(C)C(=O)N2. The number of aryl methyl sites for hydroxylation is 1. The molecule has 0 fully saturated rings. The van der Waals surface area contributed by atoms with Crippen molar-refractivity contribution in [2.75, 3.05) is 5.32 Å². The van der Waals surface area contributed by atoms with Gasteiger partial charge in [-0.1, -0.05) is 0 Å². The summed E-state index contributed by atoms with van der Waals surface area (Å²) in [5.41, 5.74) is 0.670. The van der Waals surface area contributed by atoms with Gasteiger partial charge < -0.3 is 10.1 Å². The zero-order valence-electron chi connectivity index (χ0n) is 8.42. The topological polar surface area (TPSA) is 51.2 Å². The van der Waals surface area contributed by atoms with E-state index in [4.69, 9.17) is 4.74 Å². The van der Waals surface area contributed by atoms with Crippen LogP contribution in [-0.4, -0.2) is 16.5 Å². The lowest BCUT2D eigenvalue weighted by atomic mass is 10.1. The number of nitrogens with one attached hydrogen (secondary N) is 1. The normalized spacial score (nSPS) is 18.1. The molecule has 0 unspecified atom stereocenters. The van der Waals surface area contributed by atoms with E-state index in [1.165, 1.54) is 0 Å². The minimum absolute atomic E-state index is 0.143. The van der Waals surface area contributed by atoms with Crippen molar-refractivity contribution in [3.8, 4) is 5.88 Å². The van der Waals surface area contributed by atoms with E-state index in [9.17, 15) is 4.79 Å². The quantitative estimate of drug-likeness (QED) is 0.677. The average Bonchev–Trinajstić information content (AvgIpc) is 2.07. The smallest absolute Gasteiger partial charge is 0.268 e. The molecule has 0 saturated heterocycles. The Morgan fingerprint density at radius 1 is 1.43 bits per heavy atom. The highest BCUT2D eigenvalue weighted by Crippen LogP contribution is 2.31. The van der Waals surface area contributed by atoms with Gasteiger partial charge in [-0.2, -0.15) is 0 Å². The number of pyridine rings is 1. The summed E-state index contributed by atoms with van der Waals surface area (Å²) in [5.74, 6) is 0.352. The number of carbonyl (C=O) groups excluding carboxylic acids is 1. The van der Waals surface area contributed by atoms with Gasteiger partial charge in [-0.3, -0.25) is 4.79 Å². The molecule has 0 radical (unpaired) electrons. The van der Waals surface area contributed by atoms with Crippen LogP contribution < -0.4 is 10.1 Å². The molecule has 2 rings (SSSR count). The van der Waals surface area contributed by atoms with Crippen molar-refractivity contribution in [3.05, 3.63) is 17.8 Å². The number of rotatable bonds is 0. The van der Waals surface area contributed by atoms with Crippen LogP contribution in [0.3, 0.4) is 0 Å². The van der Waals surface area contributed by atoms with E-state index >= 15 is 0 Å². The molecule has 0 aromatic carbocycles. The number of ether oxygens (including phenoxy) is 1. The van der Waals surface area contributed by atoms with Crippen LogP contribution in [-0.2, 0) is 4.79 Å². The molecule has 1 N–H and O–H groups in total. The van der Waals surface area contributed by atoms with E-state index in [2.05, 4.69) is 10.3 Å². The van der Waals surface area contributed by atoms with E-state index in [0.717, 1.165) is 5.69 Å². The molecule has 1 aromatic heterocycles. The highest BCUT2D eigenvalue weighted by atomic mass is 16.5. The minimum atomic E-state index is -0.839. The third-order valence-corrected chi connectivity index (χ3v) is 2.15.